The number of halogens is 2. The van der Waals surface area contributed by atoms with Crippen molar-refractivity contribution in [2.24, 2.45) is 0 Å². The Hall–Kier alpha value is -2.44. The molecule has 0 aliphatic rings. The second-order valence-electron chi connectivity index (χ2n) is 4.77. The fourth-order valence-electron chi connectivity index (χ4n) is 1.53. The minimum Gasteiger partial charge on any atom is -0.452 e. The van der Waals surface area contributed by atoms with E-state index in [2.05, 4.69) is 10.1 Å². The van der Waals surface area contributed by atoms with Crippen LogP contribution in [0.2, 0.25) is 0 Å². The molecule has 1 aromatic rings. The van der Waals surface area contributed by atoms with Crippen molar-refractivity contribution < 1.29 is 27.8 Å². The molecule has 126 valence electrons. The first-order valence-electron chi connectivity index (χ1n) is 7.09. The number of alkyl halides is 2. The van der Waals surface area contributed by atoms with Gasteiger partial charge in [-0.1, -0.05) is 19.1 Å². The van der Waals surface area contributed by atoms with Crippen LogP contribution in [-0.2, 0) is 14.3 Å². The SMILES string of the molecule is CC[C@H](C)NC(=O)COC(=O)/C=C/c1ccc(OC(F)F)cc1. The molecule has 0 saturated carbocycles. The maximum Gasteiger partial charge on any atom is 0.387 e. The quantitative estimate of drug-likeness (QED) is 0.589. The Morgan fingerprint density at radius 2 is 1.91 bits per heavy atom. The molecule has 7 heteroatoms. The van der Waals surface area contributed by atoms with Crippen molar-refractivity contribution in [3.63, 3.8) is 0 Å². The number of hydrogen-bond donors (Lipinski definition) is 1. The van der Waals surface area contributed by atoms with E-state index < -0.39 is 12.6 Å². The van der Waals surface area contributed by atoms with Crippen LogP contribution >= 0.6 is 0 Å². The lowest BCUT2D eigenvalue weighted by molar-refractivity contribution is -0.144. The minimum absolute atomic E-state index is 0.0192. The van der Waals surface area contributed by atoms with Gasteiger partial charge in [0.15, 0.2) is 6.61 Å². The third kappa shape index (κ3) is 7.94. The first-order chi connectivity index (χ1) is 10.9. The number of ether oxygens (including phenoxy) is 2. The first-order valence-corrected chi connectivity index (χ1v) is 7.09. The standard InChI is InChI=1S/C16H19F2NO4/c1-3-11(2)19-14(20)10-22-15(21)9-6-12-4-7-13(8-5-12)23-16(17)18/h4-9,11,16H,3,10H2,1-2H3,(H,19,20)/b9-6+/t11-/m0/s1. The number of hydrogen-bond acceptors (Lipinski definition) is 4. The van der Waals surface area contributed by atoms with Gasteiger partial charge < -0.3 is 14.8 Å². The summed E-state index contributed by atoms with van der Waals surface area (Å²) in [6, 6.07) is 5.76. The molecule has 0 aromatic heterocycles. The Bertz CT molecular complexity index is 544. The van der Waals surface area contributed by atoms with Crippen molar-refractivity contribution in [2.45, 2.75) is 32.9 Å². The van der Waals surface area contributed by atoms with Gasteiger partial charge in [-0.25, -0.2) is 4.79 Å². The summed E-state index contributed by atoms with van der Waals surface area (Å²) in [5.41, 5.74) is 0.604. The molecule has 1 rings (SSSR count). The van der Waals surface area contributed by atoms with Crippen molar-refractivity contribution in [1.82, 2.24) is 5.32 Å². The average Bonchev–Trinajstić information content (AvgIpc) is 2.51. The molecule has 1 atom stereocenters. The summed E-state index contributed by atoms with van der Waals surface area (Å²) in [7, 11) is 0. The topological polar surface area (TPSA) is 64.6 Å². The molecule has 0 bridgehead atoms. The van der Waals surface area contributed by atoms with E-state index >= 15 is 0 Å². The zero-order valence-electron chi connectivity index (χ0n) is 12.9. The van der Waals surface area contributed by atoms with Gasteiger partial charge in [-0.2, -0.15) is 8.78 Å². The van der Waals surface area contributed by atoms with Crippen molar-refractivity contribution in [2.75, 3.05) is 6.61 Å². The minimum atomic E-state index is -2.88. The zero-order chi connectivity index (χ0) is 17.2. The zero-order valence-corrected chi connectivity index (χ0v) is 12.9. The summed E-state index contributed by atoms with van der Waals surface area (Å²) in [4.78, 5) is 22.9. The van der Waals surface area contributed by atoms with Crippen LogP contribution < -0.4 is 10.1 Å². The average molecular weight is 327 g/mol. The van der Waals surface area contributed by atoms with Crippen LogP contribution in [0.1, 0.15) is 25.8 Å². The van der Waals surface area contributed by atoms with E-state index in [4.69, 9.17) is 4.74 Å². The molecule has 23 heavy (non-hydrogen) atoms. The fourth-order valence-corrected chi connectivity index (χ4v) is 1.53. The van der Waals surface area contributed by atoms with Gasteiger partial charge in [-0.05, 0) is 37.1 Å². The van der Waals surface area contributed by atoms with Crippen LogP contribution in [0.4, 0.5) is 8.78 Å². The first kappa shape index (κ1) is 18.6. The molecule has 0 aliphatic heterocycles. The molecule has 0 radical (unpaired) electrons. The Morgan fingerprint density at radius 1 is 1.26 bits per heavy atom. The van der Waals surface area contributed by atoms with Crippen molar-refractivity contribution >= 4 is 18.0 Å². The number of carbonyl (C=O) groups excluding carboxylic acids is 2. The number of nitrogens with one attached hydrogen (secondary N) is 1. The number of amides is 1. The summed E-state index contributed by atoms with van der Waals surface area (Å²) in [5, 5.41) is 2.67. The number of benzene rings is 1. The molecule has 1 N–H and O–H groups in total. The molecule has 0 spiro atoms. The lowest BCUT2D eigenvalue weighted by Crippen LogP contribution is -2.35. The maximum atomic E-state index is 12.0. The predicted molar refractivity (Wildman–Crippen MR) is 81.0 cm³/mol. The van der Waals surface area contributed by atoms with Crippen LogP contribution in [0.3, 0.4) is 0 Å². The highest BCUT2D eigenvalue weighted by Gasteiger charge is 2.07. The van der Waals surface area contributed by atoms with Crippen LogP contribution in [0, 0.1) is 0 Å². The van der Waals surface area contributed by atoms with E-state index in [0.717, 1.165) is 12.5 Å². The van der Waals surface area contributed by atoms with Gasteiger partial charge in [0.25, 0.3) is 5.91 Å². The molecule has 0 fully saturated rings. The molecule has 0 aliphatic carbocycles. The Morgan fingerprint density at radius 3 is 2.48 bits per heavy atom. The van der Waals surface area contributed by atoms with Crippen LogP contribution in [0.25, 0.3) is 6.08 Å². The molecular weight excluding hydrogens is 308 g/mol. The molecule has 1 aromatic carbocycles. The van der Waals surface area contributed by atoms with Crippen LogP contribution in [-0.4, -0.2) is 31.1 Å². The molecule has 1 amide bonds. The van der Waals surface area contributed by atoms with E-state index in [1.54, 1.807) is 0 Å². The summed E-state index contributed by atoms with van der Waals surface area (Å²) in [5.74, 6) is -1.01. The van der Waals surface area contributed by atoms with E-state index in [1.165, 1.54) is 30.3 Å². The molecule has 5 nitrogen and oxygen atoms in total. The van der Waals surface area contributed by atoms with E-state index in [1.807, 2.05) is 13.8 Å². The number of carbonyl (C=O) groups is 2. The molecule has 0 heterocycles. The van der Waals surface area contributed by atoms with Gasteiger partial charge >= 0.3 is 12.6 Å². The lowest BCUT2D eigenvalue weighted by Gasteiger charge is -2.10. The molecule has 0 saturated heterocycles. The summed E-state index contributed by atoms with van der Waals surface area (Å²) < 4.78 is 33.0. The van der Waals surface area contributed by atoms with Gasteiger partial charge in [0.1, 0.15) is 5.75 Å². The smallest absolute Gasteiger partial charge is 0.387 e. The maximum absolute atomic E-state index is 12.0. The highest BCUT2D eigenvalue weighted by Crippen LogP contribution is 2.15. The van der Waals surface area contributed by atoms with Crippen molar-refractivity contribution in [3.8, 4) is 5.75 Å². The summed E-state index contributed by atoms with van der Waals surface area (Å²) in [6.07, 6.45) is 3.38. The molecular formula is C16H19F2NO4. The van der Waals surface area contributed by atoms with E-state index in [9.17, 15) is 18.4 Å². The second-order valence-corrected chi connectivity index (χ2v) is 4.77. The third-order valence-electron chi connectivity index (χ3n) is 2.88. The van der Waals surface area contributed by atoms with E-state index in [-0.39, 0.29) is 24.3 Å². The molecule has 0 unspecified atom stereocenters. The highest BCUT2D eigenvalue weighted by atomic mass is 19.3. The fraction of sp³-hybridized carbons (Fsp3) is 0.375. The summed E-state index contributed by atoms with van der Waals surface area (Å²) in [6.45, 7) is 0.542. The highest BCUT2D eigenvalue weighted by molar-refractivity contribution is 5.89. The largest absolute Gasteiger partial charge is 0.452 e. The lowest BCUT2D eigenvalue weighted by atomic mass is 10.2. The summed E-state index contributed by atoms with van der Waals surface area (Å²) >= 11 is 0. The van der Waals surface area contributed by atoms with Gasteiger partial charge in [-0.15, -0.1) is 0 Å². The Labute approximate surface area is 133 Å². The Kier molecular flexibility index (Phi) is 7.73. The van der Waals surface area contributed by atoms with Crippen molar-refractivity contribution in [3.05, 3.63) is 35.9 Å². The second kappa shape index (κ2) is 9.55. The van der Waals surface area contributed by atoms with E-state index in [0.29, 0.717) is 5.56 Å². The third-order valence-corrected chi connectivity index (χ3v) is 2.88. The Balaban J connectivity index is 2.41. The monoisotopic (exact) mass is 327 g/mol. The van der Waals surface area contributed by atoms with Gasteiger partial charge in [-0.3, -0.25) is 4.79 Å². The van der Waals surface area contributed by atoms with Crippen LogP contribution in [0.15, 0.2) is 30.3 Å². The van der Waals surface area contributed by atoms with Gasteiger partial charge in [0, 0.05) is 12.1 Å². The van der Waals surface area contributed by atoms with Gasteiger partial charge in [0.05, 0.1) is 0 Å². The van der Waals surface area contributed by atoms with Crippen molar-refractivity contribution in [1.29, 1.82) is 0 Å². The predicted octanol–water partition coefficient (Wildman–Crippen LogP) is 2.76. The normalized spacial score (nSPS) is 12.2. The van der Waals surface area contributed by atoms with Gasteiger partial charge in [0.2, 0.25) is 0 Å². The van der Waals surface area contributed by atoms with Crippen LogP contribution in [0.5, 0.6) is 5.75 Å². The number of rotatable bonds is 8. The number of esters is 1.